The van der Waals surface area contributed by atoms with Crippen LogP contribution in [-0.2, 0) is 4.79 Å². The van der Waals surface area contributed by atoms with Crippen LogP contribution in [0.25, 0.3) is 0 Å². The fourth-order valence-corrected chi connectivity index (χ4v) is 1.21. The third-order valence-electron chi connectivity index (χ3n) is 3.79. The summed E-state index contributed by atoms with van der Waals surface area (Å²) in [7, 11) is 0. The van der Waals surface area contributed by atoms with E-state index in [4.69, 9.17) is 0 Å². The molecule has 0 radical (unpaired) electrons. The van der Waals surface area contributed by atoms with Crippen molar-refractivity contribution in [1.82, 2.24) is 10.6 Å². The van der Waals surface area contributed by atoms with Gasteiger partial charge in [0, 0.05) is 12.1 Å². The van der Waals surface area contributed by atoms with Crippen molar-refractivity contribution in [3.05, 3.63) is 0 Å². The van der Waals surface area contributed by atoms with Gasteiger partial charge in [-0.25, -0.2) is 0 Å². The maximum absolute atomic E-state index is 11.7. The molecule has 0 heterocycles. The molecule has 3 heteroatoms. The van der Waals surface area contributed by atoms with Crippen LogP contribution in [0.4, 0.5) is 0 Å². The van der Waals surface area contributed by atoms with Crippen molar-refractivity contribution in [1.29, 1.82) is 0 Å². The molecule has 0 bridgehead atoms. The van der Waals surface area contributed by atoms with Gasteiger partial charge in [0.1, 0.15) is 0 Å². The Bertz CT molecular complexity index is 245. The van der Waals surface area contributed by atoms with Gasteiger partial charge in [0.05, 0.1) is 6.54 Å². The van der Waals surface area contributed by atoms with Crippen molar-refractivity contribution in [2.75, 3.05) is 13.1 Å². The molecule has 0 spiro atoms. The first kappa shape index (κ1) is 16.4. The van der Waals surface area contributed by atoms with E-state index in [9.17, 15) is 4.79 Å². The predicted molar refractivity (Wildman–Crippen MR) is 74.0 cm³/mol. The van der Waals surface area contributed by atoms with E-state index in [1.165, 1.54) is 0 Å². The topological polar surface area (TPSA) is 41.1 Å². The second-order valence-corrected chi connectivity index (χ2v) is 6.53. The van der Waals surface area contributed by atoms with E-state index in [2.05, 4.69) is 45.3 Å². The van der Waals surface area contributed by atoms with E-state index < -0.39 is 0 Å². The molecule has 0 aliphatic rings. The molecule has 0 saturated carbocycles. The molecule has 0 unspecified atom stereocenters. The normalized spacial score (nSPS) is 12.9. The van der Waals surface area contributed by atoms with Crippen LogP contribution in [0.15, 0.2) is 0 Å². The Labute approximate surface area is 107 Å². The number of carbonyl (C=O) groups is 1. The van der Waals surface area contributed by atoms with Crippen LogP contribution in [0.2, 0.25) is 0 Å². The maximum Gasteiger partial charge on any atom is 0.234 e. The van der Waals surface area contributed by atoms with E-state index in [-0.39, 0.29) is 16.9 Å². The minimum atomic E-state index is -0.105. The van der Waals surface area contributed by atoms with Gasteiger partial charge in [-0.1, -0.05) is 34.6 Å². The molecular weight excluding hydrogens is 212 g/mol. The summed E-state index contributed by atoms with van der Waals surface area (Å²) in [4.78, 5) is 11.7. The highest BCUT2D eigenvalue weighted by Gasteiger charge is 2.22. The number of nitrogens with one attached hydrogen (secondary N) is 2. The zero-order valence-corrected chi connectivity index (χ0v) is 12.6. The Hall–Kier alpha value is -0.570. The van der Waals surface area contributed by atoms with Gasteiger partial charge in [-0.2, -0.15) is 0 Å². The summed E-state index contributed by atoms with van der Waals surface area (Å²) in [6.45, 7) is 16.3. The average Bonchev–Trinajstić information content (AvgIpc) is 2.16. The lowest BCUT2D eigenvalue weighted by Crippen LogP contribution is -2.47. The zero-order valence-electron chi connectivity index (χ0n) is 12.6. The Morgan fingerprint density at radius 1 is 1.18 bits per heavy atom. The first-order valence-electron chi connectivity index (χ1n) is 6.62. The Balaban J connectivity index is 3.95. The number of amides is 1. The fourth-order valence-electron chi connectivity index (χ4n) is 1.21. The first-order chi connectivity index (χ1) is 7.60. The fraction of sp³-hybridized carbons (Fsp3) is 0.929. The van der Waals surface area contributed by atoms with E-state index in [0.29, 0.717) is 12.5 Å². The second-order valence-electron chi connectivity index (χ2n) is 6.53. The third-order valence-corrected chi connectivity index (χ3v) is 3.79. The monoisotopic (exact) mass is 242 g/mol. The molecule has 0 aromatic heterocycles. The third kappa shape index (κ3) is 6.67. The molecule has 0 rings (SSSR count). The van der Waals surface area contributed by atoms with Crippen LogP contribution >= 0.6 is 0 Å². The highest BCUT2D eigenvalue weighted by molar-refractivity contribution is 5.78. The number of rotatable bonds is 7. The lowest BCUT2D eigenvalue weighted by atomic mass is 9.81. The molecule has 0 aliphatic heterocycles. The van der Waals surface area contributed by atoms with Crippen molar-refractivity contribution in [2.24, 2.45) is 11.3 Å². The van der Waals surface area contributed by atoms with Crippen LogP contribution in [0, 0.1) is 11.3 Å². The number of hydrogen-bond acceptors (Lipinski definition) is 2. The molecule has 3 nitrogen and oxygen atoms in total. The molecule has 0 saturated heterocycles. The summed E-state index contributed by atoms with van der Waals surface area (Å²) in [6.07, 6.45) is 0.941. The van der Waals surface area contributed by atoms with Crippen LogP contribution in [0.5, 0.6) is 0 Å². The van der Waals surface area contributed by atoms with E-state index in [0.717, 1.165) is 13.0 Å². The van der Waals surface area contributed by atoms with Crippen molar-refractivity contribution in [3.63, 3.8) is 0 Å². The van der Waals surface area contributed by atoms with E-state index in [1.807, 2.05) is 13.8 Å². The number of carbonyl (C=O) groups excluding carboxylic acids is 1. The molecule has 0 aliphatic carbocycles. The van der Waals surface area contributed by atoms with Gasteiger partial charge >= 0.3 is 0 Å². The largest absolute Gasteiger partial charge is 0.350 e. The molecule has 0 fully saturated rings. The standard InChI is InChI=1S/C14H30N2O/c1-8-14(6,7)16-12(17)9-15-10-13(4,5)11(2)3/h11,15H,8-10H2,1-7H3,(H,16,17). The van der Waals surface area contributed by atoms with Gasteiger partial charge in [-0.05, 0) is 31.6 Å². The van der Waals surface area contributed by atoms with Gasteiger partial charge in [-0.15, -0.1) is 0 Å². The Morgan fingerprint density at radius 3 is 2.12 bits per heavy atom. The smallest absolute Gasteiger partial charge is 0.234 e. The summed E-state index contributed by atoms with van der Waals surface area (Å²) in [6, 6.07) is 0. The highest BCUT2D eigenvalue weighted by Crippen LogP contribution is 2.24. The van der Waals surface area contributed by atoms with Crippen LogP contribution < -0.4 is 10.6 Å². The molecule has 1 amide bonds. The van der Waals surface area contributed by atoms with Gasteiger partial charge < -0.3 is 10.6 Å². The first-order valence-corrected chi connectivity index (χ1v) is 6.62. The minimum Gasteiger partial charge on any atom is -0.350 e. The molecule has 17 heavy (non-hydrogen) atoms. The molecule has 102 valence electrons. The Morgan fingerprint density at radius 2 is 1.71 bits per heavy atom. The highest BCUT2D eigenvalue weighted by atomic mass is 16.2. The Kier molecular flexibility index (Phi) is 6.17. The quantitative estimate of drug-likeness (QED) is 0.720. The lowest BCUT2D eigenvalue weighted by Gasteiger charge is -2.30. The van der Waals surface area contributed by atoms with Gasteiger partial charge in [0.15, 0.2) is 0 Å². The van der Waals surface area contributed by atoms with Crippen molar-refractivity contribution in [2.45, 2.75) is 60.4 Å². The summed E-state index contributed by atoms with van der Waals surface area (Å²) in [5.74, 6) is 0.682. The van der Waals surface area contributed by atoms with Crippen molar-refractivity contribution in [3.8, 4) is 0 Å². The predicted octanol–water partition coefficient (Wildman–Crippen LogP) is 2.56. The molecule has 2 N–H and O–H groups in total. The van der Waals surface area contributed by atoms with Crippen LogP contribution in [0.1, 0.15) is 54.9 Å². The summed E-state index contributed by atoms with van der Waals surface area (Å²) < 4.78 is 0. The number of hydrogen-bond donors (Lipinski definition) is 2. The van der Waals surface area contributed by atoms with Crippen molar-refractivity contribution >= 4 is 5.91 Å². The van der Waals surface area contributed by atoms with E-state index >= 15 is 0 Å². The summed E-state index contributed by atoms with van der Waals surface area (Å²) in [5, 5.41) is 6.26. The molecule has 0 atom stereocenters. The van der Waals surface area contributed by atoms with E-state index in [1.54, 1.807) is 0 Å². The van der Waals surface area contributed by atoms with Gasteiger partial charge in [0.25, 0.3) is 0 Å². The SMILES string of the molecule is CCC(C)(C)NC(=O)CNCC(C)(C)C(C)C. The average molecular weight is 242 g/mol. The summed E-state index contributed by atoms with van der Waals surface area (Å²) in [5.41, 5.74) is 0.118. The van der Waals surface area contributed by atoms with Gasteiger partial charge in [-0.3, -0.25) is 4.79 Å². The lowest BCUT2D eigenvalue weighted by molar-refractivity contribution is -0.121. The summed E-state index contributed by atoms with van der Waals surface area (Å²) >= 11 is 0. The van der Waals surface area contributed by atoms with Crippen molar-refractivity contribution < 1.29 is 4.79 Å². The van der Waals surface area contributed by atoms with Crippen LogP contribution in [0.3, 0.4) is 0 Å². The molecular formula is C14H30N2O. The molecule has 0 aromatic carbocycles. The van der Waals surface area contributed by atoms with Gasteiger partial charge in [0.2, 0.25) is 5.91 Å². The second kappa shape index (κ2) is 6.39. The zero-order chi connectivity index (χ0) is 13.7. The maximum atomic E-state index is 11.7. The minimum absolute atomic E-state index is 0.0800. The van der Waals surface area contributed by atoms with Crippen LogP contribution in [-0.4, -0.2) is 24.5 Å². The molecule has 0 aromatic rings.